The molecule has 0 aliphatic carbocycles. The monoisotopic (exact) mass is 276 g/mol. The Morgan fingerprint density at radius 1 is 1.35 bits per heavy atom. The van der Waals surface area contributed by atoms with Gasteiger partial charge in [-0.3, -0.25) is 4.79 Å². The summed E-state index contributed by atoms with van der Waals surface area (Å²) in [5, 5.41) is 10.4. The molecule has 20 heavy (non-hydrogen) atoms. The Balaban J connectivity index is 2.57. The number of carbonyl (C=O) groups excluding carboxylic acids is 2. The number of fused-ring (bicyclic) bond motifs is 1. The molecule has 0 fully saturated rings. The summed E-state index contributed by atoms with van der Waals surface area (Å²) in [4.78, 5) is 22.9. The third-order valence-electron chi connectivity index (χ3n) is 2.81. The molecule has 0 amide bonds. The van der Waals surface area contributed by atoms with E-state index >= 15 is 0 Å². The number of ether oxygens (including phenoxy) is 1. The first-order valence-corrected chi connectivity index (χ1v) is 6.18. The van der Waals surface area contributed by atoms with Crippen molar-refractivity contribution >= 4 is 23.2 Å². The first-order valence-electron chi connectivity index (χ1n) is 6.18. The van der Waals surface area contributed by atoms with Crippen molar-refractivity contribution < 1.29 is 23.8 Å². The molecule has 1 heterocycles. The van der Waals surface area contributed by atoms with Crippen LogP contribution in [0.4, 0.5) is 0 Å². The maximum absolute atomic E-state index is 12.0. The minimum atomic E-state index is -0.640. The van der Waals surface area contributed by atoms with Crippen LogP contribution in [0, 0.1) is 6.92 Å². The van der Waals surface area contributed by atoms with E-state index in [9.17, 15) is 14.7 Å². The molecular weight excluding hydrogens is 260 g/mol. The summed E-state index contributed by atoms with van der Waals surface area (Å²) < 4.78 is 10.7. The number of phenolic OH excluding ortho intramolecular Hbond substituents is 1. The molecule has 0 spiro atoms. The number of aryl methyl sites for hydroxylation is 1. The van der Waals surface area contributed by atoms with Gasteiger partial charge in [-0.2, -0.15) is 0 Å². The maximum Gasteiger partial charge on any atom is 0.375 e. The number of carbonyl (C=O) groups is 2. The van der Waals surface area contributed by atoms with Crippen molar-refractivity contribution in [2.75, 3.05) is 0 Å². The molecule has 0 unspecified atom stereocenters. The molecule has 0 saturated carbocycles. The Labute approximate surface area is 116 Å². The van der Waals surface area contributed by atoms with Crippen molar-refractivity contribution in [3.63, 3.8) is 0 Å². The van der Waals surface area contributed by atoms with Crippen LogP contribution in [0.1, 0.15) is 47.2 Å². The number of rotatable bonds is 2. The molecule has 2 aromatic rings. The molecule has 5 heteroatoms. The average Bonchev–Trinajstić information content (AvgIpc) is 2.66. The summed E-state index contributed by atoms with van der Waals surface area (Å²) in [6, 6.07) is 2.98. The fourth-order valence-corrected chi connectivity index (χ4v) is 1.95. The number of benzene rings is 1. The van der Waals surface area contributed by atoms with Crippen molar-refractivity contribution in [1.29, 1.82) is 0 Å². The topological polar surface area (TPSA) is 76.7 Å². The van der Waals surface area contributed by atoms with Gasteiger partial charge in [0.05, 0.1) is 10.9 Å². The van der Waals surface area contributed by atoms with E-state index in [0.717, 1.165) is 0 Å². The predicted octanol–water partition coefficient (Wildman–Crippen LogP) is 3.21. The molecule has 0 saturated heterocycles. The quantitative estimate of drug-likeness (QED) is 0.673. The van der Waals surface area contributed by atoms with Gasteiger partial charge in [-0.25, -0.2) is 4.79 Å². The van der Waals surface area contributed by atoms with E-state index in [4.69, 9.17) is 9.15 Å². The molecular formula is C15H16O5. The summed E-state index contributed by atoms with van der Waals surface area (Å²) in [5.41, 5.74) is 0.303. The second kappa shape index (κ2) is 4.67. The van der Waals surface area contributed by atoms with Crippen molar-refractivity contribution in [2.24, 2.45) is 0 Å². The second-order valence-corrected chi connectivity index (χ2v) is 5.55. The van der Waals surface area contributed by atoms with Crippen LogP contribution in [0.15, 0.2) is 16.5 Å². The summed E-state index contributed by atoms with van der Waals surface area (Å²) >= 11 is 0. The predicted molar refractivity (Wildman–Crippen MR) is 73.2 cm³/mol. The van der Waals surface area contributed by atoms with Crippen LogP contribution >= 0.6 is 0 Å². The van der Waals surface area contributed by atoms with Gasteiger partial charge < -0.3 is 14.3 Å². The van der Waals surface area contributed by atoms with E-state index in [-0.39, 0.29) is 17.1 Å². The average molecular weight is 276 g/mol. The van der Waals surface area contributed by atoms with Crippen LogP contribution < -0.4 is 0 Å². The van der Waals surface area contributed by atoms with Gasteiger partial charge in [0.15, 0.2) is 6.29 Å². The van der Waals surface area contributed by atoms with E-state index in [1.807, 2.05) is 0 Å². The molecule has 1 aromatic carbocycles. The molecule has 106 valence electrons. The Morgan fingerprint density at radius 3 is 2.55 bits per heavy atom. The third-order valence-corrected chi connectivity index (χ3v) is 2.81. The van der Waals surface area contributed by atoms with Gasteiger partial charge in [-0.1, -0.05) is 0 Å². The highest BCUT2D eigenvalue weighted by Crippen LogP contribution is 2.35. The van der Waals surface area contributed by atoms with E-state index in [1.165, 1.54) is 6.07 Å². The van der Waals surface area contributed by atoms with Crippen LogP contribution in [0.3, 0.4) is 0 Å². The molecule has 0 atom stereocenters. The minimum absolute atomic E-state index is 0.0354. The van der Waals surface area contributed by atoms with Gasteiger partial charge in [-0.05, 0) is 39.8 Å². The van der Waals surface area contributed by atoms with Gasteiger partial charge in [0.1, 0.15) is 16.9 Å². The number of aromatic hydroxyl groups is 1. The zero-order valence-electron chi connectivity index (χ0n) is 11.8. The molecule has 1 N–H and O–H groups in total. The molecule has 0 bridgehead atoms. The van der Waals surface area contributed by atoms with Crippen LogP contribution in [0.5, 0.6) is 5.75 Å². The van der Waals surface area contributed by atoms with E-state index in [2.05, 4.69) is 0 Å². The van der Waals surface area contributed by atoms with Crippen molar-refractivity contribution in [3.05, 3.63) is 29.0 Å². The normalized spacial score (nSPS) is 11.6. The Hall–Kier alpha value is -2.30. The van der Waals surface area contributed by atoms with Gasteiger partial charge in [0.25, 0.3) is 0 Å². The summed E-state index contributed by atoms with van der Waals surface area (Å²) in [7, 11) is 0. The standard InChI is InChI=1S/C15H16O5/c1-8-11-10(6-5-9(7-16)12(11)17)19-13(8)14(18)20-15(2,3)4/h5-7,17H,1-4H3. The van der Waals surface area contributed by atoms with Crippen LogP contribution in [0.2, 0.25) is 0 Å². The number of esters is 1. The highest BCUT2D eigenvalue weighted by Gasteiger charge is 2.25. The SMILES string of the molecule is Cc1c(C(=O)OC(C)(C)C)oc2ccc(C=O)c(O)c12. The molecule has 0 radical (unpaired) electrons. The van der Waals surface area contributed by atoms with E-state index in [1.54, 1.807) is 33.8 Å². The first-order chi connectivity index (χ1) is 9.24. The zero-order valence-corrected chi connectivity index (χ0v) is 11.8. The second-order valence-electron chi connectivity index (χ2n) is 5.55. The minimum Gasteiger partial charge on any atom is -0.506 e. The van der Waals surface area contributed by atoms with Crippen molar-refractivity contribution in [3.8, 4) is 5.75 Å². The zero-order chi connectivity index (χ0) is 15.1. The molecule has 0 aliphatic heterocycles. The van der Waals surface area contributed by atoms with Crippen molar-refractivity contribution in [1.82, 2.24) is 0 Å². The summed E-state index contributed by atoms with van der Waals surface area (Å²) in [5.74, 6) is -0.750. The largest absolute Gasteiger partial charge is 0.506 e. The van der Waals surface area contributed by atoms with Gasteiger partial charge in [0.2, 0.25) is 5.76 Å². The summed E-state index contributed by atoms with van der Waals surface area (Å²) in [6.07, 6.45) is 0.550. The Bertz CT molecular complexity index is 688. The van der Waals surface area contributed by atoms with Gasteiger partial charge >= 0.3 is 5.97 Å². The lowest BCUT2D eigenvalue weighted by atomic mass is 10.1. The number of phenols is 1. The number of hydrogen-bond acceptors (Lipinski definition) is 5. The van der Waals surface area contributed by atoms with Gasteiger partial charge in [-0.15, -0.1) is 0 Å². The van der Waals surface area contributed by atoms with E-state index in [0.29, 0.717) is 22.8 Å². The maximum atomic E-state index is 12.0. The lowest BCUT2D eigenvalue weighted by Crippen LogP contribution is -2.23. The molecule has 5 nitrogen and oxygen atoms in total. The molecule has 1 aromatic heterocycles. The van der Waals surface area contributed by atoms with Crippen molar-refractivity contribution in [2.45, 2.75) is 33.3 Å². The number of aldehydes is 1. The van der Waals surface area contributed by atoms with Crippen LogP contribution in [-0.2, 0) is 4.74 Å². The molecule has 0 aliphatic rings. The highest BCUT2D eigenvalue weighted by molar-refractivity contribution is 6.01. The summed E-state index contributed by atoms with van der Waals surface area (Å²) in [6.45, 7) is 6.90. The first kappa shape index (κ1) is 14.1. The number of furan rings is 1. The Morgan fingerprint density at radius 2 is 2.00 bits per heavy atom. The smallest absolute Gasteiger partial charge is 0.375 e. The van der Waals surface area contributed by atoms with Crippen LogP contribution in [-0.4, -0.2) is 23.0 Å². The Kier molecular flexibility index (Phi) is 3.29. The van der Waals surface area contributed by atoms with E-state index < -0.39 is 11.6 Å². The fourth-order valence-electron chi connectivity index (χ4n) is 1.95. The third kappa shape index (κ3) is 2.39. The fraction of sp³-hybridized carbons (Fsp3) is 0.333. The van der Waals surface area contributed by atoms with Gasteiger partial charge in [0, 0.05) is 5.56 Å². The number of hydrogen-bond donors (Lipinski definition) is 1. The molecule has 2 rings (SSSR count). The lowest BCUT2D eigenvalue weighted by Gasteiger charge is -2.18. The van der Waals surface area contributed by atoms with Crippen LogP contribution in [0.25, 0.3) is 11.0 Å². The highest BCUT2D eigenvalue weighted by atomic mass is 16.6. The lowest BCUT2D eigenvalue weighted by molar-refractivity contribution is 0.00371.